The van der Waals surface area contributed by atoms with E-state index in [0.29, 0.717) is 5.88 Å². The zero-order valence-electron chi connectivity index (χ0n) is 10.6. The molecule has 2 heteroatoms. The fourth-order valence-electron chi connectivity index (χ4n) is 2.18. The largest absolute Gasteiger partial charge is 0.439 e. The van der Waals surface area contributed by atoms with Crippen molar-refractivity contribution < 1.29 is 4.74 Å². The van der Waals surface area contributed by atoms with Crippen LogP contribution in [0.1, 0.15) is 36.3 Å². The minimum absolute atomic E-state index is 0.650. The molecule has 0 aliphatic heterocycles. The minimum atomic E-state index is 0.650. The van der Waals surface area contributed by atoms with E-state index in [2.05, 4.69) is 17.1 Å². The van der Waals surface area contributed by atoms with E-state index in [1.54, 1.807) is 0 Å². The molecular formula is C16H17NO. The first-order valence-electron chi connectivity index (χ1n) is 6.52. The predicted molar refractivity (Wildman–Crippen MR) is 72.1 cm³/mol. The summed E-state index contributed by atoms with van der Waals surface area (Å²) in [6.45, 7) is 2.02. The van der Waals surface area contributed by atoms with Crippen LogP contribution < -0.4 is 4.74 Å². The Morgan fingerprint density at radius 1 is 1.06 bits per heavy atom. The maximum atomic E-state index is 5.71. The van der Waals surface area contributed by atoms with Gasteiger partial charge in [0.25, 0.3) is 0 Å². The Labute approximate surface area is 108 Å². The van der Waals surface area contributed by atoms with E-state index in [1.165, 1.54) is 24.8 Å². The second kappa shape index (κ2) is 4.81. The molecule has 1 saturated carbocycles. The average Bonchev–Trinajstić information content (AvgIpc) is 2.32. The Bertz CT molecular complexity index is 512. The first-order valence-corrected chi connectivity index (χ1v) is 6.52. The van der Waals surface area contributed by atoms with E-state index in [4.69, 9.17) is 4.74 Å². The van der Waals surface area contributed by atoms with Crippen molar-refractivity contribution in [2.45, 2.75) is 32.1 Å². The number of hydrogen-bond donors (Lipinski definition) is 0. The molecule has 1 aromatic heterocycles. The zero-order chi connectivity index (χ0) is 12.4. The van der Waals surface area contributed by atoms with Gasteiger partial charge in [0.15, 0.2) is 0 Å². The lowest BCUT2D eigenvalue weighted by Gasteiger charge is -2.25. The molecule has 0 spiro atoms. The molecule has 1 aromatic carbocycles. The van der Waals surface area contributed by atoms with Crippen LogP contribution >= 0.6 is 0 Å². The topological polar surface area (TPSA) is 22.1 Å². The first-order chi connectivity index (χ1) is 8.81. The molecule has 0 atom stereocenters. The number of ether oxygens (including phenoxy) is 1. The number of aryl methyl sites for hydroxylation is 1. The lowest BCUT2D eigenvalue weighted by atomic mass is 9.80. The summed E-state index contributed by atoms with van der Waals surface area (Å²) in [4.78, 5) is 4.24. The van der Waals surface area contributed by atoms with Crippen LogP contribution in [0.3, 0.4) is 0 Å². The number of hydrogen-bond acceptors (Lipinski definition) is 2. The van der Waals surface area contributed by atoms with Gasteiger partial charge in [-0.25, -0.2) is 4.98 Å². The smallest absolute Gasteiger partial charge is 0.219 e. The molecule has 1 aliphatic carbocycles. The van der Waals surface area contributed by atoms with Gasteiger partial charge in [-0.3, -0.25) is 0 Å². The molecule has 1 fully saturated rings. The molecule has 1 aliphatic rings. The zero-order valence-corrected chi connectivity index (χ0v) is 10.6. The van der Waals surface area contributed by atoms with Gasteiger partial charge in [-0.2, -0.15) is 0 Å². The van der Waals surface area contributed by atoms with E-state index in [0.717, 1.165) is 17.2 Å². The maximum absolute atomic E-state index is 5.71. The van der Waals surface area contributed by atoms with Gasteiger partial charge in [-0.1, -0.05) is 24.6 Å². The van der Waals surface area contributed by atoms with Gasteiger partial charge >= 0.3 is 0 Å². The highest BCUT2D eigenvalue weighted by Crippen LogP contribution is 2.36. The normalized spacial score (nSPS) is 15.2. The molecule has 0 bridgehead atoms. The van der Waals surface area contributed by atoms with Crippen molar-refractivity contribution in [3.63, 3.8) is 0 Å². The monoisotopic (exact) mass is 239 g/mol. The van der Waals surface area contributed by atoms with Gasteiger partial charge in [0.05, 0.1) is 0 Å². The van der Waals surface area contributed by atoms with Gasteiger partial charge in [0.2, 0.25) is 5.88 Å². The molecule has 18 heavy (non-hydrogen) atoms. The van der Waals surface area contributed by atoms with E-state index in [-0.39, 0.29) is 0 Å². The van der Waals surface area contributed by atoms with Crippen LogP contribution in [-0.2, 0) is 0 Å². The lowest BCUT2D eigenvalue weighted by Crippen LogP contribution is -2.08. The van der Waals surface area contributed by atoms with Crippen molar-refractivity contribution in [1.29, 1.82) is 0 Å². The summed E-state index contributed by atoms with van der Waals surface area (Å²) in [5.41, 5.74) is 2.58. The number of pyridine rings is 1. The maximum Gasteiger partial charge on any atom is 0.219 e. The number of benzene rings is 1. The van der Waals surface area contributed by atoms with Crippen LogP contribution in [-0.4, -0.2) is 4.98 Å². The summed E-state index contributed by atoms with van der Waals surface area (Å²) in [5, 5.41) is 0. The third-order valence-corrected chi connectivity index (χ3v) is 3.56. The molecule has 0 radical (unpaired) electrons. The van der Waals surface area contributed by atoms with Crippen molar-refractivity contribution in [2.75, 3.05) is 0 Å². The molecule has 0 N–H and O–H groups in total. The molecule has 3 rings (SSSR count). The van der Waals surface area contributed by atoms with Gasteiger partial charge in [-0.15, -0.1) is 0 Å². The molecule has 0 amide bonds. The van der Waals surface area contributed by atoms with E-state index < -0.39 is 0 Å². The summed E-state index contributed by atoms with van der Waals surface area (Å²) in [5.74, 6) is 2.28. The quantitative estimate of drug-likeness (QED) is 0.789. The third kappa shape index (κ3) is 2.37. The van der Waals surface area contributed by atoms with Gasteiger partial charge < -0.3 is 4.74 Å². The minimum Gasteiger partial charge on any atom is -0.439 e. The van der Waals surface area contributed by atoms with Crippen molar-refractivity contribution in [2.24, 2.45) is 0 Å². The van der Waals surface area contributed by atoms with E-state index in [9.17, 15) is 0 Å². The van der Waals surface area contributed by atoms with Crippen molar-refractivity contribution in [1.82, 2.24) is 4.98 Å². The van der Waals surface area contributed by atoms with E-state index in [1.807, 2.05) is 37.4 Å². The SMILES string of the molecule is Cc1ccc(Oc2ccc(C3CCC3)cc2)nc1. The van der Waals surface area contributed by atoms with Crippen LogP contribution in [0.15, 0.2) is 42.6 Å². The third-order valence-electron chi connectivity index (χ3n) is 3.56. The van der Waals surface area contributed by atoms with Crippen LogP contribution in [0.2, 0.25) is 0 Å². The molecule has 0 saturated heterocycles. The van der Waals surface area contributed by atoms with Gasteiger partial charge in [0, 0.05) is 12.3 Å². The Kier molecular flexibility index (Phi) is 3.01. The summed E-state index contributed by atoms with van der Waals surface area (Å²) < 4.78 is 5.71. The predicted octanol–water partition coefficient (Wildman–Crippen LogP) is 4.45. The highest BCUT2D eigenvalue weighted by atomic mass is 16.5. The van der Waals surface area contributed by atoms with Crippen molar-refractivity contribution in [3.8, 4) is 11.6 Å². The summed E-state index contributed by atoms with van der Waals surface area (Å²) in [6.07, 6.45) is 5.85. The second-order valence-corrected chi connectivity index (χ2v) is 4.97. The highest BCUT2D eigenvalue weighted by Gasteiger charge is 2.18. The van der Waals surface area contributed by atoms with Crippen molar-refractivity contribution in [3.05, 3.63) is 53.7 Å². The Morgan fingerprint density at radius 2 is 1.83 bits per heavy atom. The summed E-state index contributed by atoms with van der Waals surface area (Å²) >= 11 is 0. The molecular weight excluding hydrogens is 222 g/mol. The molecule has 0 unspecified atom stereocenters. The second-order valence-electron chi connectivity index (χ2n) is 4.97. The highest BCUT2D eigenvalue weighted by molar-refractivity contribution is 5.33. The van der Waals surface area contributed by atoms with Gasteiger partial charge in [0.1, 0.15) is 5.75 Å². The van der Waals surface area contributed by atoms with E-state index >= 15 is 0 Å². The van der Waals surface area contributed by atoms with Crippen molar-refractivity contribution >= 4 is 0 Å². The van der Waals surface area contributed by atoms with Crippen LogP contribution in [0.5, 0.6) is 11.6 Å². The van der Waals surface area contributed by atoms with Crippen LogP contribution in [0.25, 0.3) is 0 Å². The lowest BCUT2D eigenvalue weighted by molar-refractivity contribution is 0.418. The summed E-state index contributed by atoms with van der Waals surface area (Å²) in [7, 11) is 0. The molecule has 2 aromatic rings. The first kappa shape index (κ1) is 11.3. The fourth-order valence-corrected chi connectivity index (χ4v) is 2.18. The summed E-state index contributed by atoms with van der Waals surface area (Å²) in [6, 6.07) is 12.3. The molecule has 2 nitrogen and oxygen atoms in total. The van der Waals surface area contributed by atoms with Gasteiger partial charge in [-0.05, 0) is 48.9 Å². The number of nitrogens with zero attached hydrogens (tertiary/aromatic N) is 1. The van der Waals surface area contributed by atoms with Crippen LogP contribution in [0, 0.1) is 6.92 Å². The number of rotatable bonds is 3. The standard InChI is InChI=1S/C16H17NO/c1-12-5-10-16(17-11-12)18-15-8-6-14(7-9-15)13-3-2-4-13/h5-11,13H,2-4H2,1H3. The molecule has 92 valence electrons. The molecule has 1 heterocycles. The number of aromatic nitrogens is 1. The van der Waals surface area contributed by atoms with Crippen LogP contribution in [0.4, 0.5) is 0 Å². The average molecular weight is 239 g/mol. The Hall–Kier alpha value is -1.83. The Balaban J connectivity index is 1.70. The Morgan fingerprint density at radius 3 is 2.39 bits per heavy atom. The fraction of sp³-hybridized carbons (Fsp3) is 0.312.